The molecule has 0 aliphatic heterocycles. The van der Waals surface area contributed by atoms with Crippen molar-refractivity contribution in [3.05, 3.63) is 36.0 Å². The zero-order valence-electron chi connectivity index (χ0n) is 23.2. The Bertz CT molecular complexity index is 1360. The number of carboxylic acids is 2. The molecule has 0 saturated carbocycles. The SMILES string of the molecule is NC(=O)CCC(NC(=O)C(Cc1c[nH]c2ccccc12)NC(=O)C(CC(=O)O)NC(=O)C(N)CCCN=C(N)N)C(=O)O. The number of carbonyl (C=O) groups excluding carboxylic acids is 4. The predicted molar refractivity (Wildman–Crippen MR) is 154 cm³/mol. The van der Waals surface area contributed by atoms with Gasteiger partial charge < -0.3 is 54.1 Å². The van der Waals surface area contributed by atoms with Gasteiger partial charge in [0, 0.05) is 36.5 Å². The monoisotopic (exact) mass is 603 g/mol. The second kappa shape index (κ2) is 16.3. The summed E-state index contributed by atoms with van der Waals surface area (Å²) in [5, 5.41) is 26.7. The summed E-state index contributed by atoms with van der Waals surface area (Å²) < 4.78 is 0. The molecule has 0 aliphatic carbocycles. The van der Waals surface area contributed by atoms with E-state index in [4.69, 9.17) is 22.9 Å². The number of aliphatic carboxylic acids is 2. The molecule has 2 rings (SSSR count). The number of aromatic amines is 1. The van der Waals surface area contributed by atoms with Crippen LogP contribution in [0.15, 0.2) is 35.5 Å². The number of hydrogen-bond donors (Lipinski definition) is 10. The number of guanidine groups is 1. The predicted octanol–water partition coefficient (Wildman–Crippen LogP) is -2.63. The summed E-state index contributed by atoms with van der Waals surface area (Å²) >= 11 is 0. The molecule has 17 nitrogen and oxygen atoms in total. The van der Waals surface area contributed by atoms with Crippen molar-refractivity contribution in [3.63, 3.8) is 0 Å². The highest BCUT2D eigenvalue weighted by molar-refractivity contribution is 5.96. The van der Waals surface area contributed by atoms with E-state index in [0.717, 1.165) is 10.9 Å². The van der Waals surface area contributed by atoms with Crippen LogP contribution in [0.5, 0.6) is 0 Å². The lowest BCUT2D eigenvalue weighted by atomic mass is 10.0. The lowest BCUT2D eigenvalue weighted by Gasteiger charge is -2.24. The van der Waals surface area contributed by atoms with E-state index in [-0.39, 0.29) is 38.2 Å². The van der Waals surface area contributed by atoms with Crippen molar-refractivity contribution in [2.24, 2.45) is 27.9 Å². The van der Waals surface area contributed by atoms with Crippen molar-refractivity contribution >= 4 is 52.4 Å². The fourth-order valence-corrected chi connectivity index (χ4v) is 4.13. The summed E-state index contributed by atoms with van der Waals surface area (Å²) in [6.07, 6.45) is 0.459. The largest absolute Gasteiger partial charge is 0.481 e. The fraction of sp³-hybridized carbons (Fsp3) is 0.423. The first-order chi connectivity index (χ1) is 20.3. The van der Waals surface area contributed by atoms with Crippen LogP contribution >= 0.6 is 0 Å². The second-order valence-electron chi connectivity index (χ2n) is 9.74. The van der Waals surface area contributed by atoms with Crippen LogP contribution in [0.25, 0.3) is 10.9 Å². The Hall–Kier alpha value is -5.19. The van der Waals surface area contributed by atoms with Crippen molar-refractivity contribution in [2.75, 3.05) is 6.54 Å². The van der Waals surface area contributed by atoms with Crippen LogP contribution < -0.4 is 38.9 Å². The molecular formula is C26H37N9O8. The van der Waals surface area contributed by atoms with E-state index in [1.54, 1.807) is 30.5 Å². The molecule has 1 aromatic heterocycles. The third kappa shape index (κ3) is 11.3. The number of aromatic nitrogens is 1. The molecule has 234 valence electrons. The molecule has 0 spiro atoms. The first-order valence-corrected chi connectivity index (χ1v) is 13.3. The highest BCUT2D eigenvalue weighted by atomic mass is 16.4. The molecule has 14 N–H and O–H groups in total. The normalized spacial score (nSPS) is 13.6. The number of nitrogens with zero attached hydrogens (tertiary/aromatic N) is 1. The molecule has 4 amide bonds. The van der Waals surface area contributed by atoms with Crippen LogP contribution in [-0.4, -0.2) is 87.4 Å². The zero-order chi connectivity index (χ0) is 32.1. The molecule has 17 heteroatoms. The number of hydrogen-bond acceptors (Lipinski definition) is 8. The molecule has 0 bridgehead atoms. The summed E-state index contributed by atoms with van der Waals surface area (Å²) in [7, 11) is 0. The van der Waals surface area contributed by atoms with E-state index in [0.29, 0.717) is 12.0 Å². The number of aliphatic imine (C=N–C) groups is 1. The van der Waals surface area contributed by atoms with E-state index in [1.165, 1.54) is 0 Å². The molecular weight excluding hydrogens is 566 g/mol. The Morgan fingerprint density at radius 2 is 1.49 bits per heavy atom. The molecule has 2 aromatic rings. The molecule has 4 atom stereocenters. The van der Waals surface area contributed by atoms with Gasteiger partial charge in [0.25, 0.3) is 0 Å². The number of H-pyrrole nitrogens is 1. The van der Waals surface area contributed by atoms with Crippen LogP contribution in [0.3, 0.4) is 0 Å². The number of carboxylic acid groups (broad SMARTS) is 2. The summed E-state index contributed by atoms with van der Waals surface area (Å²) in [5.74, 6) is -6.52. The van der Waals surface area contributed by atoms with E-state index in [9.17, 15) is 39.0 Å². The lowest BCUT2D eigenvalue weighted by molar-refractivity contribution is -0.143. The number of amides is 4. The number of nitrogens with two attached hydrogens (primary N) is 4. The van der Waals surface area contributed by atoms with Gasteiger partial charge in [0.1, 0.15) is 18.1 Å². The molecule has 0 aliphatic rings. The Morgan fingerprint density at radius 3 is 2.12 bits per heavy atom. The quantitative estimate of drug-likeness (QED) is 0.0477. The minimum Gasteiger partial charge on any atom is -0.481 e. The molecule has 1 heterocycles. The van der Waals surface area contributed by atoms with E-state index < -0.39 is 66.2 Å². The highest BCUT2D eigenvalue weighted by Gasteiger charge is 2.32. The minimum atomic E-state index is -1.63. The van der Waals surface area contributed by atoms with Crippen molar-refractivity contribution in [1.29, 1.82) is 0 Å². The lowest BCUT2D eigenvalue weighted by Crippen LogP contribution is -2.58. The third-order valence-electron chi connectivity index (χ3n) is 6.34. The Morgan fingerprint density at radius 1 is 0.860 bits per heavy atom. The topological polar surface area (TPSA) is 311 Å². The summed E-state index contributed by atoms with van der Waals surface area (Å²) in [6.45, 7) is 0.198. The first kappa shape index (κ1) is 34.0. The van der Waals surface area contributed by atoms with Gasteiger partial charge in [-0.1, -0.05) is 18.2 Å². The number of nitrogens with one attached hydrogen (secondary N) is 4. The van der Waals surface area contributed by atoms with Gasteiger partial charge in [-0.15, -0.1) is 0 Å². The van der Waals surface area contributed by atoms with Crippen LogP contribution in [0.1, 0.15) is 37.7 Å². The maximum absolute atomic E-state index is 13.3. The van der Waals surface area contributed by atoms with Crippen LogP contribution in [0.4, 0.5) is 0 Å². The number of rotatable bonds is 18. The van der Waals surface area contributed by atoms with E-state index in [1.807, 2.05) is 0 Å². The van der Waals surface area contributed by atoms with Crippen molar-refractivity contribution in [3.8, 4) is 0 Å². The standard InChI is InChI=1S/C26H37N9O8/c27-15(5-3-9-31-26(29)30)22(39)34-19(11-21(37)38)24(41)35-18(10-13-12-32-16-6-2-1-4-14(13)16)23(40)33-17(25(42)43)7-8-20(28)36/h1-2,4,6,12,15,17-19,32H,3,5,7-11,27H2,(H2,28,36)(H,33,40)(H,34,39)(H,35,41)(H,37,38)(H,42,43)(H4,29,30,31). The smallest absolute Gasteiger partial charge is 0.326 e. The first-order valence-electron chi connectivity index (χ1n) is 13.3. The fourth-order valence-electron chi connectivity index (χ4n) is 4.13. The average Bonchev–Trinajstić information content (AvgIpc) is 3.34. The second-order valence-corrected chi connectivity index (χ2v) is 9.74. The average molecular weight is 604 g/mol. The van der Waals surface area contributed by atoms with Gasteiger partial charge in [-0.05, 0) is 30.9 Å². The minimum absolute atomic E-state index is 0.123. The van der Waals surface area contributed by atoms with Crippen LogP contribution in [-0.2, 0) is 35.2 Å². The van der Waals surface area contributed by atoms with Crippen LogP contribution in [0.2, 0.25) is 0 Å². The number of benzene rings is 1. The van der Waals surface area contributed by atoms with Gasteiger partial charge >= 0.3 is 11.9 Å². The maximum Gasteiger partial charge on any atom is 0.326 e. The van der Waals surface area contributed by atoms with Gasteiger partial charge in [-0.3, -0.25) is 29.0 Å². The van der Waals surface area contributed by atoms with Gasteiger partial charge in [0.15, 0.2) is 5.96 Å². The van der Waals surface area contributed by atoms with E-state index in [2.05, 4.69) is 25.9 Å². The zero-order valence-corrected chi connectivity index (χ0v) is 23.2. The molecule has 0 saturated heterocycles. The number of carbonyl (C=O) groups is 6. The summed E-state index contributed by atoms with van der Waals surface area (Å²) in [4.78, 5) is 80.5. The van der Waals surface area contributed by atoms with E-state index >= 15 is 0 Å². The van der Waals surface area contributed by atoms with Crippen molar-refractivity contribution in [2.45, 2.75) is 62.7 Å². The molecule has 43 heavy (non-hydrogen) atoms. The molecule has 4 unspecified atom stereocenters. The highest BCUT2D eigenvalue weighted by Crippen LogP contribution is 2.19. The Labute approximate surface area is 245 Å². The Kier molecular flexibility index (Phi) is 12.9. The number of fused-ring (bicyclic) bond motifs is 1. The van der Waals surface area contributed by atoms with Crippen molar-refractivity contribution < 1.29 is 39.0 Å². The number of primary amides is 1. The van der Waals surface area contributed by atoms with Gasteiger partial charge in [-0.25, -0.2) is 4.79 Å². The van der Waals surface area contributed by atoms with Crippen LogP contribution in [0, 0.1) is 0 Å². The van der Waals surface area contributed by atoms with Crippen molar-refractivity contribution in [1.82, 2.24) is 20.9 Å². The third-order valence-corrected chi connectivity index (χ3v) is 6.34. The van der Waals surface area contributed by atoms with Gasteiger partial charge in [0.05, 0.1) is 12.5 Å². The summed E-state index contributed by atoms with van der Waals surface area (Å²) in [6, 6.07) is 1.44. The number of para-hydroxylation sites is 1. The summed E-state index contributed by atoms with van der Waals surface area (Å²) in [5.41, 5.74) is 22.8. The van der Waals surface area contributed by atoms with Gasteiger partial charge in [-0.2, -0.15) is 0 Å². The maximum atomic E-state index is 13.3. The molecule has 0 fully saturated rings. The van der Waals surface area contributed by atoms with Gasteiger partial charge in [0.2, 0.25) is 23.6 Å². The molecule has 0 radical (unpaired) electrons. The molecule has 1 aromatic carbocycles. The Balaban J connectivity index is 2.26.